The summed E-state index contributed by atoms with van der Waals surface area (Å²) in [5.74, 6) is -1.17. The predicted molar refractivity (Wildman–Crippen MR) is 68.7 cm³/mol. The van der Waals surface area contributed by atoms with E-state index in [9.17, 15) is 14.7 Å². The molecule has 0 aliphatic heterocycles. The minimum Gasteiger partial charge on any atom is -0.465 e. The number of hydrogen-bond donors (Lipinski definition) is 2. The lowest BCUT2D eigenvalue weighted by Gasteiger charge is -2.11. The summed E-state index contributed by atoms with van der Waals surface area (Å²) in [6.07, 6.45) is -1.30. The molecular weight excluding hydrogens is 302 g/mol. The number of ether oxygens (including phenoxy) is 1. The monoisotopic (exact) mass is 315 g/mol. The van der Waals surface area contributed by atoms with Crippen LogP contribution in [0.3, 0.4) is 0 Å². The van der Waals surface area contributed by atoms with Crippen molar-refractivity contribution in [1.29, 1.82) is 0 Å². The van der Waals surface area contributed by atoms with Crippen LogP contribution in [0.4, 0.5) is 0 Å². The van der Waals surface area contributed by atoms with Gasteiger partial charge in [-0.05, 0) is 24.6 Å². The fourth-order valence-corrected chi connectivity index (χ4v) is 1.53. The van der Waals surface area contributed by atoms with Crippen LogP contribution in [0.1, 0.15) is 18.6 Å². The Kier molecular flexibility index (Phi) is 5.80. The fraction of sp³-hybridized carbons (Fsp3) is 0.333. The molecule has 0 aromatic heterocycles. The van der Waals surface area contributed by atoms with Crippen molar-refractivity contribution in [2.75, 3.05) is 13.2 Å². The summed E-state index contributed by atoms with van der Waals surface area (Å²) < 4.78 is 5.50. The second-order valence-electron chi connectivity index (χ2n) is 3.48. The number of benzene rings is 1. The highest BCUT2D eigenvalue weighted by Crippen LogP contribution is 2.16. The van der Waals surface area contributed by atoms with Crippen molar-refractivity contribution in [3.8, 4) is 0 Å². The number of halogens is 1. The molecule has 1 rings (SSSR count). The quantitative estimate of drug-likeness (QED) is 0.800. The van der Waals surface area contributed by atoms with E-state index in [1.165, 1.54) is 0 Å². The zero-order valence-corrected chi connectivity index (χ0v) is 11.4. The van der Waals surface area contributed by atoms with Crippen LogP contribution in [0.15, 0.2) is 28.7 Å². The Labute approximate surface area is 113 Å². The molecule has 0 bridgehead atoms. The fourth-order valence-electron chi connectivity index (χ4n) is 1.26. The SMILES string of the molecule is CCOC(=O)CNC(=O)C(O)c1ccc(Br)cc1. The standard InChI is InChI=1S/C12H14BrNO4/c1-2-18-10(15)7-14-12(17)11(16)8-3-5-9(13)6-4-8/h3-6,11,16H,2,7H2,1H3,(H,14,17). The lowest BCUT2D eigenvalue weighted by molar-refractivity contribution is -0.144. The van der Waals surface area contributed by atoms with E-state index < -0.39 is 18.0 Å². The maximum Gasteiger partial charge on any atom is 0.325 e. The van der Waals surface area contributed by atoms with Crippen LogP contribution in [-0.4, -0.2) is 30.1 Å². The van der Waals surface area contributed by atoms with Gasteiger partial charge in [-0.2, -0.15) is 0 Å². The molecule has 98 valence electrons. The van der Waals surface area contributed by atoms with Crippen molar-refractivity contribution < 1.29 is 19.4 Å². The zero-order chi connectivity index (χ0) is 13.5. The molecule has 1 aromatic carbocycles. The van der Waals surface area contributed by atoms with Crippen molar-refractivity contribution >= 4 is 27.8 Å². The first kappa shape index (κ1) is 14.7. The van der Waals surface area contributed by atoms with Crippen LogP contribution in [0.5, 0.6) is 0 Å². The van der Waals surface area contributed by atoms with Crippen molar-refractivity contribution in [2.24, 2.45) is 0 Å². The summed E-state index contributed by atoms with van der Waals surface area (Å²) in [5, 5.41) is 12.0. The van der Waals surface area contributed by atoms with Crippen LogP contribution in [0.25, 0.3) is 0 Å². The topological polar surface area (TPSA) is 75.6 Å². The van der Waals surface area contributed by atoms with Crippen LogP contribution >= 0.6 is 15.9 Å². The molecule has 0 radical (unpaired) electrons. The van der Waals surface area contributed by atoms with Gasteiger partial charge in [0, 0.05) is 4.47 Å². The minimum absolute atomic E-state index is 0.250. The summed E-state index contributed by atoms with van der Waals surface area (Å²) in [7, 11) is 0. The lowest BCUT2D eigenvalue weighted by Crippen LogP contribution is -2.34. The maximum absolute atomic E-state index is 11.6. The Bertz CT molecular complexity index is 419. The molecule has 0 spiro atoms. The van der Waals surface area contributed by atoms with Crippen molar-refractivity contribution in [3.63, 3.8) is 0 Å². The first-order chi connectivity index (χ1) is 8.54. The average Bonchev–Trinajstić information content (AvgIpc) is 2.36. The number of hydrogen-bond acceptors (Lipinski definition) is 4. The van der Waals surface area contributed by atoms with E-state index in [2.05, 4.69) is 26.0 Å². The molecule has 0 aliphatic rings. The number of aliphatic hydroxyl groups excluding tert-OH is 1. The Morgan fingerprint density at radius 2 is 2.00 bits per heavy atom. The largest absolute Gasteiger partial charge is 0.465 e. The normalized spacial score (nSPS) is 11.7. The highest BCUT2D eigenvalue weighted by molar-refractivity contribution is 9.10. The number of esters is 1. The third-order valence-corrected chi connectivity index (χ3v) is 2.68. The van der Waals surface area contributed by atoms with Crippen molar-refractivity contribution in [1.82, 2.24) is 5.32 Å². The zero-order valence-electron chi connectivity index (χ0n) is 9.85. The average molecular weight is 316 g/mol. The second-order valence-corrected chi connectivity index (χ2v) is 4.39. The molecule has 0 fully saturated rings. The number of rotatable bonds is 5. The number of aliphatic hydroxyl groups is 1. The Balaban J connectivity index is 2.51. The van der Waals surface area contributed by atoms with Crippen LogP contribution in [0, 0.1) is 0 Å². The summed E-state index contributed by atoms with van der Waals surface area (Å²) in [5.41, 5.74) is 0.458. The van der Waals surface area contributed by atoms with Crippen LogP contribution in [-0.2, 0) is 14.3 Å². The van der Waals surface area contributed by atoms with E-state index in [-0.39, 0.29) is 13.2 Å². The molecule has 0 saturated carbocycles. The van der Waals surface area contributed by atoms with Gasteiger partial charge in [0.15, 0.2) is 6.10 Å². The molecule has 1 amide bonds. The highest BCUT2D eigenvalue weighted by atomic mass is 79.9. The number of carbonyl (C=O) groups excluding carboxylic acids is 2. The molecule has 0 heterocycles. The predicted octanol–water partition coefficient (Wildman–Crippen LogP) is 1.16. The molecular formula is C12H14BrNO4. The van der Waals surface area contributed by atoms with Crippen LogP contribution < -0.4 is 5.32 Å². The van der Waals surface area contributed by atoms with Crippen molar-refractivity contribution in [2.45, 2.75) is 13.0 Å². The second kappa shape index (κ2) is 7.13. The van der Waals surface area contributed by atoms with E-state index in [1.807, 2.05) is 0 Å². The molecule has 5 nitrogen and oxygen atoms in total. The Morgan fingerprint density at radius 1 is 1.39 bits per heavy atom. The first-order valence-corrected chi connectivity index (χ1v) is 6.20. The molecule has 18 heavy (non-hydrogen) atoms. The van der Waals surface area contributed by atoms with Gasteiger partial charge < -0.3 is 15.2 Å². The number of carbonyl (C=O) groups is 2. The van der Waals surface area contributed by atoms with Gasteiger partial charge in [-0.15, -0.1) is 0 Å². The highest BCUT2D eigenvalue weighted by Gasteiger charge is 2.17. The molecule has 0 saturated heterocycles. The van der Waals surface area contributed by atoms with Gasteiger partial charge in [0.1, 0.15) is 6.54 Å². The Morgan fingerprint density at radius 3 is 2.56 bits per heavy atom. The minimum atomic E-state index is -1.30. The molecule has 2 N–H and O–H groups in total. The summed E-state index contributed by atoms with van der Waals surface area (Å²) >= 11 is 3.26. The van der Waals surface area contributed by atoms with Gasteiger partial charge in [0.05, 0.1) is 6.61 Å². The Hall–Kier alpha value is -1.40. The van der Waals surface area contributed by atoms with E-state index >= 15 is 0 Å². The number of nitrogens with one attached hydrogen (secondary N) is 1. The van der Waals surface area contributed by atoms with Crippen LogP contribution in [0.2, 0.25) is 0 Å². The third-order valence-electron chi connectivity index (χ3n) is 2.15. The van der Waals surface area contributed by atoms with Gasteiger partial charge in [-0.1, -0.05) is 28.1 Å². The smallest absolute Gasteiger partial charge is 0.325 e. The van der Waals surface area contributed by atoms with Gasteiger partial charge in [0.2, 0.25) is 0 Å². The van der Waals surface area contributed by atoms with E-state index in [1.54, 1.807) is 31.2 Å². The van der Waals surface area contributed by atoms with E-state index in [0.717, 1.165) is 4.47 Å². The van der Waals surface area contributed by atoms with Crippen molar-refractivity contribution in [3.05, 3.63) is 34.3 Å². The molecule has 1 unspecified atom stereocenters. The lowest BCUT2D eigenvalue weighted by atomic mass is 10.1. The summed E-state index contributed by atoms with van der Waals surface area (Å²) in [4.78, 5) is 22.6. The third kappa shape index (κ3) is 4.46. The molecule has 6 heteroatoms. The van der Waals surface area contributed by atoms with Gasteiger partial charge in [-0.25, -0.2) is 0 Å². The van der Waals surface area contributed by atoms with Gasteiger partial charge in [0.25, 0.3) is 5.91 Å². The van der Waals surface area contributed by atoms with Gasteiger partial charge >= 0.3 is 5.97 Å². The first-order valence-electron chi connectivity index (χ1n) is 5.41. The molecule has 0 aliphatic carbocycles. The van der Waals surface area contributed by atoms with E-state index in [4.69, 9.17) is 0 Å². The van der Waals surface area contributed by atoms with Gasteiger partial charge in [-0.3, -0.25) is 9.59 Å². The number of amides is 1. The molecule has 1 aromatic rings. The van der Waals surface area contributed by atoms with E-state index in [0.29, 0.717) is 5.56 Å². The maximum atomic E-state index is 11.6. The summed E-state index contributed by atoms with van der Waals surface area (Å²) in [6, 6.07) is 6.69. The molecule has 1 atom stereocenters. The summed E-state index contributed by atoms with van der Waals surface area (Å²) in [6.45, 7) is 1.68.